The Morgan fingerprint density at radius 2 is 1.58 bits per heavy atom. The quantitative estimate of drug-likeness (QED) is 0.573. The summed E-state index contributed by atoms with van der Waals surface area (Å²) in [5.41, 5.74) is 0. The molecule has 5 atom stereocenters. The molecule has 0 nitrogen and oxygen atoms in total. The van der Waals surface area contributed by atoms with Crippen molar-refractivity contribution in [2.45, 2.75) is 77.3 Å². The Morgan fingerprint density at radius 3 is 2.21 bits per heavy atom. The second-order valence-electron chi connectivity index (χ2n) is 7.45. The summed E-state index contributed by atoms with van der Waals surface area (Å²) < 4.78 is 14.1. The third-order valence-corrected chi connectivity index (χ3v) is 6.34. The van der Waals surface area contributed by atoms with Gasteiger partial charge < -0.3 is 0 Å². The van der Waals surface area contributed by atoms with Crippen molar-refractivity contribution in [3.05, 3.63) is 0 Å². The van der Waals surface area contributed by atoms with E-state index in [-0.39, 0.29) is 11.3 Å². The Labute approximate surface area is 123 Å². The van der Waals surface area contributed by atoms with E-state index in [2.05, 4.69) is 13.8 Å². The fraction of sp³-hybridized carbons (Fsp3) is 1.00. The number of hydrogen-bond donors (Lipinski definition) is 0. The number of halogens is 2. The van der Waals surface area contributed by atoms with Crippen molar-refractivity contribution in [2.24, 2.45) is 29.6 Å². The average molecular weight is 289 g/mol. The highest BCUT2D eigenvalue weighted by atomic mass is 35.5. The molecule has 0 aliphatic heterocycles. The molecular weight excluding hydrogens is 259 g/mol. The van der Waals surface area contributed by atoms with Crippen LogP contribution in [0.5, 0.6) is 0 Å². The van der Waals surface area contributed by atoms with Crippen LogP contribution >= 0.6 is 11.6 Å². The van der Waals surface area contributed by atoms with E-state index in [0.29, 0.717) is 11.8 Å². The zero-order valence-corrected chi connectivity index (χ0v) is 13.5. The maximum Gasteiger partial charge on any atom is 0.119 e. The van der Waals surface area contributed by atoms with E-state index in [9.17, 15) is 4.39 Å². The fourth-order valence-electron chi connectivity index (χ4n) is 4.24. The van der Waals surface area contributed by atoms with E-state index in [0.717, 1.165) is 24.7 Å². The first-order chi connectivity index (χ1) is 8.99. The lowest BCUT2D eigenvalue weighted by atomic mass is 9.70. The van der Waals surface area contributed by atoms with Crippen LogP contribution in [0.25, 0.3) is 0 Å². The summed E-state index contributed by atoms with van der Waals surface area (Å²) >= 11 is 6.39. The lowest BCUT2D eigenvalue weighted by molar-refractivity contribution is 0.0898. The zero-order valence-electron chi connectivity index (χ0n) is 12.7. The molecular formula is C17H30ClF. The minimum atomic E-state index is -0.797. The summed E-state index contributed by atoms with van der Waals surface area (Å²) in [5.74, 6) is 2.93. The van der Waals surface area contributed by atoms with E-state index in [1.807, 2.05) is 6.92 Å². The van der Waals surface area contributed by atoms with Gasteiger partial charge in [-0.15, -0.1) is 11.6 Å². The van der Waals surface area contributed by atoms with Crippen LogP contribution in [0.4, 0.5) is 4.39 Å². The topological polar surface area (TPSA) is 0 Å². The van der Waals surface area contributed by atoms with Gasteiger partial charge in [-0.05, 0) is 42.4 Å². The standard InChI is InChI=1S/C17H30ClF/c1-11-4-6-14(7-5-11)8-9-15-12(2)10-13(3)17(19)16(15)18/h11-17H,4-10H2,1-3H3. The van der Waals surface area contributed by atoms with Crippen LogP contribution in [0.15, 0.2) is 0 Å². The van der Waals surface area contributed by atoms with Crippen LogP contribution in [0.1, 0.15) is 65.7 Å². The van der Waals surface area contributed by atoms with E-state index in [1.165, 1.54) is 32.1 Å². The molecule has 0 radical (unpaired) electrons. The average Bonchev–Trinajstić information content (AvgIpc) is 2.38. The van der Waals surface area contributed by atoms with Crippen LogP contribution in [-0.2, 0) is 0 Å². The smallest absolute Gasteiger partial charge is 0.119 e. The molecule has 2 saturated carbocycles. The molecule has 2 aliphatic rings. The number of rotatable bonds is 3. The Morgan fingerprint density at radius 1 is 0.947 bits per heavy atom. The van der Waals surface area contributed by atoms with E-state index < -0.39 is 6.17 Å². The third-order valence-electron chi connectivity index (χ3n) is 5.77. The third kappa shape index (κ3) is 3.86. The normalized spacial score (nSPS) is 48.2. The Bertz CT molecular complexity index is 272. The second kappa shape index (κ2) is 6.78. The zero-order chi connectivity index (χ0) is 14.0. The van der Waals surface area contributed by atoms with Crippen molar-refractivity contribution in [3.63, 3.8) is 0 Å². The van der Waals surface area contributed by atoms with Crippen LogP contribution in [0, 0.1) is 29.6 Å². The summed E-state index contributed by atoms with van der Waals surface area (Å²) in [4.78, 5) is 0. The molecule has 2 fully saturated rings. The number of alkyl halides is 2. The molecule has 0 N–H and O–H groups in total. The first kappa shape index (κ1) is 15.6. The monoisotopic (exact) mass is 288 g/mol. The van der Waals surface area contributed by atoms with Crippen molar-refractivity contribution in [1.82, 2.24) is 0 Å². The summed E-state index contributed by atoms with van der Waals surface area (Å²) in [6.07, 6.45) is 8.16. The predicted octanol–water partition coefficient (Wildman–Crippen LogP) is 5.83. The van der Waals surface area contributed by atoms with E-state index in [1.54, 1.807) is 0 Å². The van der Waals surface area contributed by atoms with Gasteiger partial charge in [0.15, 0.2) is 0 Å². The molecule has 0 heterocycles. The van der Waals surface area contributed by atoms with Crippen molar-refractivity contribution in [2.75, 3.05) is 0 Å². The second-order valence-corrected chi connectivity index (χ2v) is 7.95. The largest absolute Gasteiger partial charge is 0.246 e. The van der Waals surface area contributed by atoms with Crippen LogP contribution in [0.3, 0.4) is 0 Å². The predicted molar refractivity (Wildman–Crippen MR) is 81.3 cm³/mol. The molecule has 112 valence electrons. The van der Waals surface area contributed by atoms with Gasteiger partial charge in [-0.2, -0.15) is 0 Å². The van der Waals surface area contributed by atoms with E-state index >= 15 is 0 Å². The minimum absolute atomic E-state index is 0.143. The van der Waals surface area contributed by atoms with Crippen molar-refractivity contribution in [3.8, 4) is 0 Å². The lowest BCUT2D eigenvalue weighted by Gasteiger charge is -2.40. The van der Waals surface area contributed by atoms with Gasteiger partial charge in [0.25, 0.3) is 0 Å². The molecule has 2 heteroatoms. The van der Waals surface area contributed by atoms with Crippen molar-refractivity contribution >= 4 is 11.6 Å². The highest BCUT2D eigenvalue weighted by Crippen LogP contribution is 2.42. The Kier molecular flexibility index (Phi) is 5.57. The Hall–Kier alpha value is 0.220. The van der Waals surface area contributed by atoms with Crippen LogP contribution in [0.2, 0.25) is 0 Å². The molecule has 0 aromatic carbocycles. The molecule has 5 unspecified atom stereocenters. The van der Waals surface area contributed by atoms with Gasteiger partial charge in [-0.3, -0.25) is 0 Å². The van der Waals surface area contributed by atoms with E-state index in [4.69, 9.17) is 11.6 Å². The number of hydrogen-bond acceptors (Lipinski definition) is 0. The lowest BCUT2D eigenvalue weighted by Crippen LogP contribution is -2.41. The van der Waals surface area contributed by atoms with Gasteiger partial charge in [0.1, 0.15) is 6.17 Å². The molecule has 0 amide bonds. The maximum atomic E-state index is 14.1. The van der Waals surface area contributed by atoms with Gasteiger partial charge in [0.05, 0.1) is 5.38 Å². The first-order valence-corrected chi connectivity index (χ1v) is 8.70. The Balaban J connectivity index is 1.81. The minimum Gasteiger partial charge on any atom is -0.246 e. The highest BCUT2D eigenvalue weighted by Gasteiger charge is 2.40. The molecule has 2 rings (SSSR count). The fourth-order valence-corrected chi connectivity index (χ4v) is 4.87. The van der Waals surface area contributed by atoms with Gasteiger partial charge in [0.2, 0.25) is 0 Å². The first-order valence-electron chi connectivity index (χ1n) is 8.27. The molecule has 0 bridgehead atoms. The molecule has 19 heavy (non-hydrogen) atoms. The highest BCUT2D eigenvalue weighted by molar-refractivity contribution is 6.21. The van der Waals surface area contributed by atoms with Crippen molar-refractivity contribution < 1.29 is 4.39 Å². The molecule has 0 aromatic rings. The van der Waals surface area contributed by atoms with Crippen molar-refractivity contribution in [1.29, 1.82) is 0 Å². The summed E-state index contributed by atoms with van der Waals surface area (Å²) in [6, 6.07) is 0. The maximum absolute atomic E-state index is 14.1. The van der Waals surface area contributed by atoms with Gasteiger partial charge in [0, 0.05) is 0 Å². The molecule has 2 aliphatic carbocycles. The SMILES string of the molecule is CC1CCC(CCC2C(C)CC(C)C(F)C2Cl)CC1. The summed E-state index contributed by atoms with van der Waals surface area (Å²) in [5, 5.41) is -0.249. The molecule has 0 spiro atoms. The van der Waals surface area contributed by atoms with Gasteiger partial charge in [-0.25, -0.2) is 4.39 Å². The summed E-state index contributed by atoms with van der Waals surface area (Å²) in [6.45, 7) is 6.64. The molecule has 0 saturated heterocycles. The molecule has 0 aromatic heterocycles. The van der Waals surface area contributed by atoms with Crippen LogP contribution in [-0.4, -0.2) is 11.5 Å². The summed E-state index contributed by atoms with van der Waals surface area (Å²) in [7, 11) is 0. The van der Waals surface area contributed by atoms with Gasteiger partial charge in [-0.1, -0.05) is 52.9 Å². The van der Waals surface area contributed by atoms with Crippen LogP contribution < -0.4 is 0 Å². The van der Waals surface area contributed by atoms with Gasteiger partial charge >= 0.3 is 0 Å².